The fourth-order valence-electron chi connectivity index (χ4n) is 0.985. The minimum atomic E-state index is 0.490. The van der Waals surface area contributed by atoms with Crippen LogP contribution in [0.25, 0.3) is 0 Å². The Morgan fingerprint density at radius 2 is 2.07 bits per heavy atom. The van der Waals surface area contributed by atoms with E-state index >= 15 is 0 Å². The van der Waals surface area contributed by atoms with Crippen molar-refractivity contribution in [2.75, 3.05) is 0 Å². The summed E-state index contributed by atoms with van der Waals surface area (Å²) in [5.41, 5.74) is 0.597. The molecule has 0 aliphatic heterocycles. The van der Waals surface area contributed by atoms with Crippen LogP contribution in [0.2, 0.25) is 4.34 Å². The van der Waals surface area contributed by atoms with Crippen LogP contribution in [0.3, 0.4) is 0 Å². The fraction of sp³-hybridized carbons (Fsp3) is 0. The summed E-state index contributed by atoms with van der Waals surface area (Å²) in [7, 11) is 0. The third-order valence-corrected chi connectivity index (χ3v) is 2.64. The zero-order valence-electron chi connectivity index (χ0n) is 7.48. The Hall–Kier alpha value is -1.57. The first-order chi connectivity index (χ1) is 7.28. The van der Waals surface area contributed by atoms with E-state index in [9.17, 15) is 0 Å². The van der Waals surface area contributed by atoms with Gasteiger partial charge in [0, 0.05) is 0 Å². The minimum absolute atomic E-state index is 0.490. The largest absolute Gasteiger partial charge is 0.431 e. The van der Waals surface area contributed by atoms with Gasteiger partial charge in [-0.1, -0.05) is 22.9 Å². The molecular formula is C10H5ClN2OS. The van der Waals surface area contributed by atoms with Crippen molar-refractivity contribution in [3.63, 3.8) is 0 Å². The van der Waals surface area contributed by atoms with Crippen LogP contribution in [0, 0.1) is 11.3 Å². The van der Waals surface area contributed by atoms with Crippen molar-refractivity contribution in [1.82, 2.24) is 4.98 Å². The molecular weight excluding hydrogens is 232 g/mol. The molecule has 5 heteroatoms. The van der Waals surface area contributed by atoms with Gasteiger partial charge in [0.1, 0.15) is 10.1 Å². The van der Waals surface area contributed by atoms with E-state index in [-0.39, 0.29) is 0 Å². The van der Waals surface area contributed by atoms with Gasteiger partial charge in [-0.05, 0) is 24.3 Å². The van der Waals surface area contributed by atoms with Crippen LogP contribution in [0.15, 0.2) is 30.5 Å². The Labute approximate surface area is 95.5 Å². The molecule has 0 fully saturated rings. The van der Waals surface area contributed by atoms with E-state index in [1.165, 1.54) is 17.5 Å². The smallest absolute Gasteiger partial charge is 0.280 e. The van der Waals surface area contributed by atoms with Crippen molar-refractivity contribution in [2.24, 2.45) is 0 Å². The Balaban J connectivity index is 2.15. The summed E-state index contributed by atoms with van der Waals surface area (Å²) in [6.07, 6.45) is 1.53. The van der Waals surface area contributed by atoms with Crippen LogP contribution in [0.4, 0.5) is 0 Å². The molecule has 0 unspecified atom stereocenters. The highest BCUT2D eigenvalue weighted by atomic mass is 35.5. The third-order valence-electron chi connectivity index (χ3n) is 1.64. The number of aromatic nitrogens is 1. The average Bonchev–Trinajstić information content (AvgIpc) is 2.65. The van der Waals surface area contributed by atoms with Crippen LogP contribution in [0.5, 0.6) is 10.9 Å². The maximum atomic E-state index is 8.60. The summed E-state index contributed by atoms with van der Waals surface area (Å²) < 4.78 is 5.99. The second-order valence-electron chi connectivity index (χ2n) is 2.67. The lowest BCUT2D eigenvalue weighted by molar-refractivity contribution is 0.479. The Morgan fingerprint density at radius 1 is 1.33 bits per heavy atom. The summed E-state index contributed by atoms with van der Waals surface area (Å²) in [6, 6.07) is 8.83. The van der Waals surface area contributed by atoms with Crippen molar-refractivity contribution in [2.45, 2.75) is 0 Å². The van der Waals surface area contributed by atoms with E-state index in [1.54, 1.807) is 24.3 Å². The molecule has 0 atom stereocenters. The maximum Gasteiger partial charge on any atom is 0.280 e. The van der Waals surface area contributed by atoms with E-state index in [1.807, 2.05) is 6.07 Å². The van der Waals surface area contributed by atoms with Crippen molar-refractivity contribution < 1.29 is 4.74 Å². The van der Waals surface area contributed by atoms with Crippen LogP contribution in [-0.4, -0.2) is 4.98 Å². The van der Waals surface area contributed by atoms with Gasteiger partial charge in [0.25, 0.3) is 5.19 Å². The number of rotatable bonds is 2. The van der Waals surface area contributed by atoms with Gasteiger partial charge in [0.15, 0.2) is 0 Å². The summed E-state index contributed by atoms with van der Waals surface area (Å²) in [5.74, 6) is 0.639. The highest BCUT2D eigenvalue weighted by Crippen LogP contribution is 2.29. The summed E-state index contributed by atoms with van der Waals surface area (Å²) >= 11 is 6.97. The Bertz CT molecular complexity index is 501. The van der Waals surface area contributed by atoms with E-state index in [2.05, 4.69) is 4.98 Å². The molecule has 2 rings (SSSR count). The number of nitriles is 1. The van der Waals surface area contributed by atoms with Crippen molar-refractivity contribution in [1.29, 1.82) is 5.26 Å². The van der Waals surface area contributed by atoms with Crippen LogP contribution < -0.4 is 4.74 Å². The van der Waals surface area contributed by atoms with E-state index in [0.717, 1.165) is 0 Å². The molecule has 15 heavy (non-hydrogen) atoms. The molecule has 0 bridgehead atoms. The van der Waals surface area contributed by atoms with Crippen LogP contribution in [0.1, 0.15) is 5.56 Å². The third kappa shape index (κ3) is 2.46. The number of hydrogen-bond acceptors (Lipinski definition) is 4. The van der Waals surface area contributed by atoms with Crippen molar-refractivity contribution >= 4 is 22.9 Å². The highest BCUT2D eigenvalue weighted by molar-refractivity contribution is 7.17. The van der Waals surface area contributed by atoms with Crippen molar-refractivity contribution in [3.05, 3.63) is 40.4 Å². The number of halogens is 1. The molecule has 74 valence electrons. The summed E-state index contributed by atoms with van der Waals surface area (Å²) in [5, 5.41) is 9.09. The normalized spacial score (nSPS) is 9.60. The number of ether oxygens (including phenoxy) is 1. The lowest BCUT2D eigenvalue weighted by Gasteiger charge is -1.99. The van der Waals surface area contributed by atoms with E-state index < -0.39 is 0 Å². The van der Waals surface area contributed by atoms with Crippen LogP contribution >= 0.6 is 22.9 Å². The predicted molar refractivity (Wildman–Crippen MR) is 58.4 cm³/mol. The lowest BCUT2D eigenvalue weighted by Crippen LogP contribution is -1.82. The zero-order valence-corrected chi connectivity index (χ0v) is 9.05. The van der Waals surface area contributed by atoms with Crippen LogP contribution in [-0.2, 0) is 0 Å². The predicted octanol–water partition coefficient (Wildman–Crippen LogP) is 3.46. The quantitative estimate of drug-likeness (QED) is 0.802. The summed E-state index contributed by atoms with van der Waals surface area (Å²) in [4.78, 5) is 3.95. The molecule has 1 heterocycles. The second-order valence-corrected chi connectivity index (χ2v) is 4.29. The fourth-order valence-corrected chi connectivity index (χ4v) is 1.75. The molecule has 2 aromatic rings. The second kappa shape index (κ2) is 4.30. The van der Waals surface area contributed by atoms with Gasteiger partial charge in [0.05, 0.1) is 17.8 Å². The molecule has 3 nitrogen and oxygen atoms in total. The molecule has 0 aliphatic rings. The monoisotopic (exact) mass is 236 g/mol. The lowest BCUT2D eigenvalue weighted by atomic mass is 10.2. The molecule has 1 aromatic carbocycles. The number of benzene rings is 1. The summed E-state index contributed by atoms with van der Waals surface area (Å²) in [6.45, 7) is 0. The first kappa shape index (κ1) is 9.97. The van der Waals surface area contributed by atoms with Gasteiger partial charge in [-0.2, -0.15) is 5.26 Å². The molecule has 0 aliphatic carbocycles. The molecule has 0 amide bonds. The topological polar surface area (TPSA) is 45.9 Å². The Kier molecular flexibility index (Phi) is 2.86. The molecule has 0 N–H and O–H groups in total. The zero-order chi connectivity index (χ0) is 10.7. The first-order valence-corrected chi connectivity index (χ1v) is 5.27. The van der Waals surface area contributed by atoms with Gasteiger partial charge in [-0.3, -0.25) is 0 Å². The average molecular weight is 237 g/mol. The Morgan fingerprint density at radius 3 is 2.60 bits per heavy atom. The standard InChI is InChI=1S/C10H5ClN2OS/c11-9-6-13-10(15-9)14-8-3-1-7(5-12)2-4-8/h1-4,6H. The SMILES string of the molecule is N#Cc1ccc(Oc2ncc(Cl)s2)cc1. The van der Waals surface area contributed by atoms with Gasteiger partial charge >= 0.3 is 0 Å². The molecule has 0 radical (unpaired) electrons. The molecule has 0 spiro atoms. The first-order valence-electron chi connectivity index (χ1n) is 4.07. The highest BCUT2D eigenvalue weighted by Gasteiger charge is 2.02. The number of nitrogens with zero attached hydrogens (tertiary/aromatic N) is 2. The number of thiazole rings is 1. The molecule has 0 saturated carbocycles. The van der Waals surface area contributed by atoms with Gasteiger partial charge in [-0.25, -0.2) is 4.98 Å². The minimum Gasteiger partial charge on any atom is -0.431 e. The van der Waals surface area contributed by atoms with Gasteiger partial charge in [0.2, 0.25) is 0 Å². The van der Waals surface area contributed by atoms with E-state index in [0.29, 0.717) is 20.8 Å². The number of hydrogen-bond donors (Lipinski definition) is 0. The maximum absolute atomic E-state index is 8.60. The van der Waals surface area contributed by atoms with Gasteiger partial charge < -0.3 is 4.74 Å². The molecule has 0 saturated heterocycles. The molecule has 1 aromatic heterocycles. The van der Waals surface area contributed by atoms with Gasteiger partial charge in [-0.15, -0.1) is 0 Å². The van der Waals surface area contributed by atoms with Crippen molar-refractivity contribution in [3.8, 4) is 17.0 Å². The van der Waals surface area contributed by atoms with E-state index in [4.69, 9.17) is 21.6 Å².